The predicted octanol–water partition coefficient (Wildman–Crippen LogP) is 2.99. The number of rotatable bonds is 3. The van der Waals surface area contributed by atoms with E-state index in [-0.39, 0.29) is 17.2 Å². The normalized spacial score (nSPS) is 10.2. The Kier molecular flexibility index (Phi) is 3.94. The fourth-order valence-corrected chi connectivity index (χ4v) is 2.02. The van der Waals surface area contributed by atoms with Crippen LogP contribution in [0.15, 0.2) is 42.5 Å². The summed E-state index contributed by atoms with van der Waals surface area (Å²) in [6.45, 7) is 1.86. The molecule has 0 atom stereocenters. The highest BCUT2D eigenvalue weighted by molar-refractivity contribution is 6.08. The second-order valence-electron chi connectivity index (χ2n) is 4.56. The summed E-state index contributed by atoms with van der Waals surface area (Å²) in [4.78, 5) is 13.9. The number of aryl methyl sites for hydroxylation is 1. The third kappa shape index (κ3) is 2.59. The first kappa shape index (κ1) is 13.9. The van der Waals surface area contributed by atoms with Gasteiger partial charge in [-0.15, -0.1) is 0 Å². The third-order valence-electron chi connectivity index (χ3n) is 3.13. The zero-order valence-electron chi connectivity index (χ0n) is 11.8. The van der Waals surface area contributed by atoms with Crippen LogP contribution >= 0.6 is 0 Å². The summed E-state index contributed by atoms with van der Waals surface area (Å²) < 4.78 is 5.25. The van der Waals surface area contributed by atoms with Gasteiger partial charge >= 0.3 is 0 Å². The Bertz CT molecular complexity index is 637. The van der Waals surface area contributed by atoms with Gasteiger partial charge in [0.05, 0.1) is 18.4 Å². The fourth-order valence-electron chi connectivity index (χ4n) is 2.02. The van der Waals surface area contributed by atoms with Crippen molar-refractivity contribution < 1.29 is 14.6 Å². The van der Waals surface area contributed by atoms with Crippen molar-refractivity contribution in [1.82, 2.24) is 0 Å². The van der Waals surface area contributed by atoms with Gasteiger partial charge in [0.15, 0.2) is 0 Å². The number of phenolic OH excluding ortho intramolecular Hbond substituents is 1. The molecule has 0 radical (unpaired) electrons. The van der Waals surface area contributed by atoms with Crippen LogP contribution in [0.1, 0.15) is 15.9 Å². The number of carbonyl (C=O) groups is 1. The number of anilines is 1. The minimum atomic E-state index is -0.285. The molecule has 0 aliphatic rings. The average molecular weight is 271 g/mol. The molecule has 0 spiro atoms. The number of carbonyl (C=O) groups excluding carboxylic acids is 1. The summed E-state index contributed by atoms with van der Waals surface area (Å²) in [6, 6.07) is 12.2. The summed E-state index contributed by atoms with van der Waals surface area (Å²) >= 11 is 0. The van der Waals surface area contributed by atoms with Gasteiger partial charge in [-0.1, -0.05) is 18.2 Å². The Morgan fingerprint density at radius 1 is 1.20 bits per heavy atom. The first-order chi connectivity index (χ1) is 9.54. The lowest BCUT2D eigenvalue weighted by atomic mass is 10.1. The lowest BCUT2D eigenvalue weighted by molar-refractivity contribution is 0.0990. The molecule has 0 aliphatic heterocycles. The van der Waals surface area contributed by atoms with Crippen molar-refractivity contribution in [3.8, 4) is 11.5 Å². The van der Waals surface area contributed by atoms with E-state index in [9.17, 15) is 9.90 Å². The molecule has 0 aromatic heterocycles. The van der Waals surface area contributed by atoms with Crippen LogP contribution in [0.4, 0.5) is 5.69 Å². The number of para-hydroxylation sites is 2. The number of ether oxygens (including phenoxy) is 1. The molecule has 104 valence electrons. The molecule has 1 N–H and O–H groups in total. The average Bonchev–Trinajstić information content (AvgIpc) is 2.45. The van der Waals surface area contributed by atoms with Gasteiger partial charge in [0, 0.05) is 7.05 Å². The van der Waals surface area contributed by atoms with E-state index in [1.807, 2.05) is 19.1 Å². The summed E-state index contributed by atoms with van der Waals surface area (Å²) in [5.74, 6) is 0.304. The second kappa shape index (κ2) is 5.65. The summed E-state index contributed by atoms with van der Waals surface area (Å²) in [5.41, 5.74) is 1.82. The minimum Gasteiger partial charge on any atom is -0.507 e. The third-order valence-corrected chi connectivity index (χ3v) is 3.13. The molecule has 2 aromatic carbocycles. The van der Waals surface area contributed by atoms with Crippen LogP contribution in [-0.4, -0.2) is 25.2 Å². The zero-order valence-corrected chi connectivity index (χ0v) is 11.8. The summed E-state index contributed by atoms with van der Waals surface area (Å²) in [5, 5.41) is 9.91. The molecule has 0 unspecified atom stereocenters. The maximum atomic E-state index is 12.5. The van der Waals surface area contributed by atoms with E-state index in [0.29, 0.717) is 11.4 Å². The number of nitrogens with zero attached hydrogens (tertiary/aromatic N) is 1. The molecule has 0 saturated heterocycles. The number of hydrogen-bond acceptors (Lipinski definition) is 3. The molecule has 2 rings (SSSR count). The van der Waals surface area contributed by atoms with Gasteiger partial charge in [0.25, 0.3) is 5.91 Å². The number of methoxy groups -OCH3 is 1. The van der Waals surface area contributed by atoms with E-state index >= 15 is 0 Å². The second-order valence-corrected chi connectivity index (χ2v) is 4.56. The molecule has 4 nitrogen and oxygen atoms in total. The fraction of sp³-hybridized carbons (Fsp3) is 0.188. The monoisotopic (exact) mass is 271 g/mol. The topological polar surface area (TPSA) is 49.8 Å². The van der Waals surface area contributed by atoms with Crippen LogP contribution in [0.5, 0.6) is 11.5 Å². The van der Waals surface area contributed by atoms with Crippen molar-refractivity contribution in [1.29, 1.82) is 0 Å². The number of aromatic hydroxyl groups is 1. The lowest BCUT2D eigenvalue weighted by Gasteiger charge is -2.20. The number of phenols is 1. The molecule has 0 bridgehead atoms. The van der Waals surface area contributed by atoms with Gasteiger partial charge < -0.3 is 14.7 Å². The highest BCUT2D eigenvalue weighted by atomic mass is 16.5. The van der Waals surface area contributed by atoms with Crippen molar-refractivity contribution in [3.05, 3.63) is 53.6 Å². The largest absolute Gasteiger partial charge is 0.507 e. The van der Waals surface area contributed by atoms with Gasteiger partial charge in [-0.05, 0) is 36.8 Å². The van der Waals surface area contributed by atoms with E-state index in [2.05, 4.69) is 0 Å². The molecule has 0 saturated carbocycles. The molecular weight excluding hydrogens is 254 g/mol. The SMILES string of the molecule is COc1ccccc1N(C)C(=O)c1ccc(C)cc1O. The Labute approximate surface area is 118 Å². The smallest absolute Gasteiger partial charge is 0.261 e. The Morgan fingerprint density at radius 2 is 1.90 bits per heavy atom. The van der Waals surface area contributed by atoms with E-state index in [1.54, 1.807) is 44.5 Å². The quantitative estimate of drug-likeness (QED) is 0.933. The van der Waals surface area contributed by atoms with E-state index in [1.165, 1.54) is 4.90 Å². The van der Waals surface area contributed by atoms with Crippen molar-refractivity contribution in [2.75, 3.05) is 19.1 Å². The van der Waals surface area contributed by atoms with E-state index in [0.717, 1.165) is 5.56 Å². The van der Waals surface area contributed by atoms with Gasteiger partial charge in [-0.2, -0.15) is 0 Å². The summed E-state index contributed by atoms with van der Waals surface area (Å²) in [6.07, 6.45) is 0. The molecule has 0 heterocycles. The van der Waals surface area contributed by atoms with Crippen molar-refractivity contribution in [2.24, 2.45) is 0 Å². The van der Waals surface area contributed by atoms with Crippen LogP contribution in [0.2, 0.25) is 0 Å². The number of benzene rings is 2. The van der Waals surface area contributed by atoms with E-state index < -0.39 is 0 Å². The van der Waals surface area contributed by atoms with Gasteiger partial charge in [-0.25, -0.2) is 0 Å². The first-order valence-corrected chi connectivity index (χ1v) is 6.25. The molecule has 20 heavy (non-hydrogen) atoms. The van der Waals surface area contributed by atoms with Gasteiger partial charge in [0.1, 0.15) is 11.5 Å². The Hall–Kier alpha value is -2.49. The van der Waals surface area contributed by atoms with Crippen LogP contribution in [0, 0.1) is 6.92 Å². The number of amides is 1. The molecule has 4 heteroatoms. The van der Waals surface area contributed by atoms with Crippen molar-refractivity contribution in [3.63, 3.8) is 0 Å². The lowest BCUT2D eigenvalue weighted by Crippen LogP contribution is -2.26. The first-order valence-electron chi connectivity index (χ1n) is 6.25. The Balaban J connectivity index is 2.37. The highest BCUT2D eigenvalue weighted by Gasteiger charge is 2.19. The van der Waals surface area contributed by atoms with Crippen LogP contribution < -0.4 is 9.64 Å². The highest BCUT2D eigenvalue weighted by Crippen LogP contribution is 2.29. The van der Waals surface area contributed by atoms with E-state index in [4.69, 9.17) is 4.74 Å². The minimum absolute atomic E-state index is 0.0169. The molecule has 1 amide bonds. The maximum Gasteiger partial charge on any atom is 0.261 e. The maximum absolute atomic E-state index is 12.5. The molecule has 2 aromatic rings. The van der Waals surface area contributed by atoms with Crippen LogP contribution in [-0.2, 0) is 0 Å². The molecular formula is C16H17NO3. The zero-order chi connectivity index (χ0) is 14.7. The van der Waals surface area contributed by atoms with Gasteiger partial charge in [-0.3, -0.25) is 4.79 Å². The van der Waals surface area contributed by atoms with Crippen LogP contribution in [0.3, 0.4) is 0 Å². The Morgan fingerprint density at radius 3 is 2.55 bits per heavy atom. The van der Waals surface area contributed by atoms with Crippen molar-refractivity contribution in [2.45, 2.75) is 6.92 Å². The summed E-state index contributed by atoms with van der Waals surface area (Å²) in [7, 11) is 3.21. The van der Waals surface area contributed by atoms with Crippen LogP contribution in [0.25, 0.3) is 0 Å². The van der Waals surface area contributed by atoms with Crippen molar-refractivity contribution >= 4 is 11.6 Å². The standard InChI is InChI=1S/C16H17NO3/c1-11-8-9-12(14(18)10-11)16(19)17(2)13-6-4-5-7-15(13)20-3/h4-10,18H,1-3H3. The predicted molar refractivity (Wildman–Crippen MR) is 78.6 cm³/mol. The molecule has 0 fully saturated rings. The van der Waals surface area contributed by atoms with Gasteiger partial charge in [0.2, 0.25) is 0 Å². The molecule has 0 aliphatic carbocycles. The number of hydrogen-bond donors (Lipinski definition) is 1.